The van der Waals surface area contributed by atoms with Crippen molar-refractivity contribution in [3.05, 3.63) is 24.3 Å². The van der Waals surface area contributed by atoms with Crippen LogP contribution in [0.4, 0.5) is 18.0 Å². The standard InChI is InChI=1S/C19H21F3N4O6S.H2/c20-19(21,22)32-13-2-1-3-14(4-13)33(29,30)26-8-17(9-26)6-24(7-17)16(28)25-10-18(11-25)12-31-5-15(27)23-18;/h1-4H,5-12H2,(H,23,27);1H. The molecule has 33 heavy (non-hydrogen) atoms. The summed E-state index contributed by atoms with van der Waals surface area (Å²) < 4.78 is 73.1. The molecule has 0 aromatic heterocycles. The van der Waals surface area contributed by atoms with Crippen molar-refractivity contribution in [2.45, 2.75) is 16.8 Å². The largest absolute Gasteiger partial charge is 0.573 e. The van der Waals surface area contributed by atoms with E-state index in [4.69, 9.17) is 4.74 Å². The van der Waals surface area contributed by atoms with Crippen LogP contribution in [-0.4, -0.2) is 98.8 Å². The maximum atomic E-state index is 12.8. The molecule has 4 heterocycles. The van der Waals surface area contributed by atoms with E-state index in [9.17, 15) is 31.2 Å². The predicted octanol–water partition coefficient (Wildman–Crippen LogP) is 0.458. The first kappa shape index (κ1) is 22.2. The van der Waals surface area contributed by atoms with Gasteiger partial charge in [0.2, 0.25) is 15.9 Å². The predicted molar refractivity (Wildman–Crippen MR) is 107 cm³/mol. The fourth-order valence-corrected chi connectivity index (χ4v) is 6.55. The Morgan fingerprint density at radius 1 is 1.12 bits per heavy atom. The van der Waals surface area contributed by atoms with Crippen LogP contribution in [-0.2, 0) is 19.6 Å². The van der Waals surface area contributed by atoms with Crippen LogP contribution in [0.2, 0.25) is 0 Å². The summed E-state index contributed by atoms with van der Waals surface area (Å²) in [5, 5.41) is 2.86. The number of hydrogen-bond acceptors (Lipinski definition) is 6. The summed E-state index contributed by atoms with van der Waals surface area (Å²) in [6.07, 6.45) is -4.92. The Morgan fingerprint density at radius 2 is 1.79 bits per heavy atom. The zero-order valence-electron chi connectivity index (χ0n) is 17.3. The number of urea groups is 1. The molecule has 4 aliphatic rings. The zero-order chi connectivity index (χ0) is 23.6. The lowest BCUT2D eigenvalue weighted by Gasteiger charge is -2.61. The lowest BCUT2D eigenvalue weighted by Crippen LogP contribution is -2.79. The van der Waals surface area contributed by atoms with Gasteiger partial charge in [0.05, 0.1) is 17.0 Å². The van der Waals surface area contributed by atoms with Crippen molar-refractivity contribution >= 4 is 22.0 Å². The first-order chi connectivity index (χ1) is 15.4. The first-order valence-electron chi connectivity index (χ1n) is 10.2. The van der Waals surface area contributed by atoms with Crippen LogP contribution in [0.3, 0.4) is 0 Å². The van der Waals surface area contributed by atoms with E-state index in [-0.39, 0.29) is 43.4 Å². The molecule has 14 heteroatoms. The van der Waals surface area contributed by atoms with Gasteiger partial charge in [0.15, 0.2) is 0 Å². The molecule has 1 aromatic rings. The maximum absolute atomic E-state index is 12.8. The lowest BCUT2D eigenvalue weighted by molar-refractivity contribution is -0.274. The third kappa shape index (κ3) is 3.99. The number of carbonyl (C=O) groups is 2. The van der Waals surface area contributed by atoms with Crippen LogP contribution in [0, 0.1) is 5.41 Å². The van der Waals surface area contributed by atoms with Crippen molar-refractivity contribution in [1.29, 1.82) is 0 Å². The highest BCUT2D eigenvalue weighted by Crippen LogP contribution is 2.43. The molecular weight excluding hydrogens is 469 g/mol. The van der Waals surface area contributed by atoms with Crippen molar-refractivity contribution in [2.75, 3.05) is 52.5 Å². The van der Waals surface area contributed by atoms with E-state index in [0.717, 1.165) is 12.1 Å². The van der Waals surface area contributed by atoms with Gasteiger partial charge in [0.1, 0.15) is 12.4 Å². The summed E-state index contributed by atoms with van der Waals surface area (Å²) >= 11 is 0. The molecule has 182 valence electrons. The first-order valence-corrected chi connectivity index (χ1v) is 11.6. The number of morpholine rings is 1. The Labute approximate surface area is 188 Å². The van der Waals surface area contributed by atoms with Crippen LogP contribution >= 0.6 is 0 Å². The second-order valence-corrected chi connectivity index (χ2v) is 11.0. The summed E-state index contributed by atoms with van der Waals surface area (Å²) in [5.41, 5.74) is -0.882. The third-order valence-corrected chi connectivity index (χ3v) is 8.08. The Bertz CT molecular complexity index is 1100. The number of amides is 3. The second-order valence-electron chi connectivity index (χ2n) is 9.11. The number of hydrogen-bond donors (Lipinski definition) is 1. The van der Waals surface area contributed by atoms with Gasteiger partial charge >= 0.3 is 12.4 Å². The fourth-order valence-electron chi connectivity index (χ4n) is 4.85. The number of rotatable bonds is 3. The minimum absolute atomic E-state index is 0. The van der Waals surface area contributed by atoms with Gasteiger partial charge in [-0.05, 0) is 12.1 Å². The lowest BCUT2D eigenvalue weighted by atomic mass is 9.74. The van der Waals surface area contributed by atoms with Gasteiger partial charge in [-0.3, -0.25) is 4.79 Å². The number of alkyl halides is 3. The number of nitrogens with zero attached hydrogens (tertiary/aromatic N) is 3. The van der Waals surface area contributed by atoms with E-state index in [2.05, 4.69) is 10.1 Å². The molecular formula is C19H23F3N4O6S. The fraction of sp³-hybridized carbons (Fsp3) is 0.579. The molecule has 0 radical (unpaired) electrons. The molecule has 1 aromatic carbocycles. The van der Waals surface area contributed by atoms with Crippen LogP contribution in [0.1, 0.15) is 1.43 Å². The summed E-state index contributed by atoms with van der Waals surface area (Å²) in [6.45, 7) is 2.23. The second kappa shape index (κ2) is 7.21. The quantitative estimate of drug-likeness (QED) is 0.657. The van der Waals surface area contributed by atoms with Crippen molar-refractivity contribution in [1.82, 2.24) is 19.4 Å². The molecule has 0 atom stereocenters. The molecule has 0 aliphatic carbocycles. The molecule has 0 bridgehead atoms. The molecule has 5 rings (SSSR count). The Morgan fingerprint density at radius 3 is 2.42 bits per heavy atom. The normalized spacial score (nSPS) is 24.0. The summed E-state index contributed by atoms with van der Waals surface area (Å²) in [4.78, 5) is 27.1. The van der Waals surface area contributed by atoms with E-state index in [1.165, 1.54) is 16.4 Å². The average molecular weight is 492 g/mol. The third-order valence-electron chi connectivity index (χ3n) is 6.30. The van der Waals surface area contributed by atoms with Gasteiger partial charge in [0, 0.05) is 52.2 Å². The zero-order valence-corrected chi connectivity index (χ0v) is 18.1. The van der Waals surface area contributed by atoms with E-state index < -0.39 is 27.7 Å². The van der Waals surface area contributed by atoms with Gasteiger partial charge in [0.25, 0.3) is 0 Å². The van der Waals surface area contributed by atoms with Crippen LogP contribution in [0.5, 0.6) is 5.75 Å². The number of likely N-dealkylation sites (tertiary alicyclic amines) is 2. The SMILES string of the molecule is O=C1COCC2(CN(C(=O)N3CC4(C3)CN(S(=O)(=O)c3cccc(OC(F)(F)F)c3)C4)C2)N1.[HH]. The monoisotopic (exact) mass is 492 g/mol. The number of ether oxygens (including phenoxy) is 2. The highest BCUT2D eigenvalue weighted by molar-refractivity contribution is 7.89. The van der Waals surface area contributed by atoms with Gasteiger partial charge in [-0.15, -0.1) is 13.2 Å². The van der Waals surface area contributed by atoms with E-state index in [0.29, 0.717) is 32.8 Å². The van der Waals surface area contributed by atoms with Gasteiger partial charge in [-0.1, -0.05) is 6.07 Å². The maximum Gasteiger partial charge on any atom is 0.573 e. The molecule has 3 amide bonds. The molecule has 4 aliphatic heterocycles. The molecule has 2 spiro atoms. The summed E-state index contributed by atoms with van der Waals surface area (Å²) in [5.74, 6) is -0.811. The minimum Gasteiger partial charge on any atom is -0.406 e. The molecule has 4 fully saturated rings. The van der Waals surface area contributed by atoms with Crippen molar-refractivity contribution in [3.63, 3.8) is 0 Å². The number of benzene rings is 1. The number of sulfonamides is 1. The van der Waals surface area contributed by atoms with Crippen molar-refractivity contribution < 1.29 is 42.1 Å². The van der Waals surface area contributed by atoms with Crippen LogP contribution in [0.15, 0.2) is 29.2 Å². The van der Waals surface area contributed by atoms with Crippen LogP contribution < -0.4 is 10.1 Å². The van der Waals surface area contributed by atoms with Gasteiger partial charge in [-0.2, -0.15) is 4.31 Å². The molecule has 0 saturated carbocycles. The number of carbonyl (C=O) groups excluding carboxylic acids is 2. The number of halogens is 3. The van der Waals surface area contributed by atoms with E-state index >= 15 is 0 Å². The molecule has 4 saturated heterocycles. The van der Waals surface area contributed by atoms with Gasteiger partial charge < -0.3 is 24.6 Å². The average Bonchev–Trinajstić information content (AvgIpc) is 2.62. The Hall–Kier alpha value is -2.58. The minimum atomic E-state index is -4.92. The van der Waals surface area contributed by atoms with E-state index in [1.807, 2.05) is 0 Å². The smallest absolute Gasteiger partial charge is 0.406 e. The number of nitrogens with one attached hydrogen (secondary N) is 1. The van der Waals surface area contributed by atoms with Crippen molar-refractivity contribution in [2.24, 2.45) is 5.41 Å². The van der Waals surface area contributed by atoms with Crippen molar-refractivity contribution in [3.8, 4) is 5.75 Å². The summed E-state index contributed by atoms with van der Waals surface area (Å²) in [6, 6.07) is 4.10. The highest BCUT2D eigenvalue weighted by atomic mass is 32.2. The summed E-state index contributed by atoms with van der Waals surface area (Å²) in [7, 11) is -3.98. The topological polar surface area (TPSA) is 108 Å². The van der Waals surface area contributed by atoms with Gasteiger partial charge in [-0.25, -0.2) is 13.2 Å². The molecule has 1 N–H and O–H groups in total. The van der Waals surface area contributed by atoms with E-state index in [1.54, 1.807) is 9.80 Å². The molecule has 10 nitrogen and oxygen atoms in total. The Kier molecular flexibility index (Phi) is 4.85. The highest BCUT2D eigenvalue weighted by Gasteiger charge is 2.58. The Balaban J connectivity index is 0.00000274. The molecule has 0 unspecified atom stereocenters. The van der Waals surface area contributed by atoms with Crippen LogP contribution in [0.25, 0.3) is 0 Å².